The Labute approximate surface area is 178 Å². The van der Waals surface area contributed by atoms with Crippen LogP contribution in [0.15, 0.2) is 59.5 Å². The van der Waals surface area contributed by atoms with Crippen molar-refractivity contribution in [1.29, 1.82) is 5.41 Å². The van der Waals surface area contributed by atoms with E-state index in [1.54, 1.807) is 23.9 Å². The molecule has 4 rings (SSSR count). The molecule has 0 aliphatic rings. The zero-order chi connectivity index (χ0) is 22.0. The summed E-state index contributed by atoms with van der Waals surface area (Å²) >= 11 is 0. The van der Waals surface area contributed by atoms with Gasteiger partial charge >= 0.3 is 0 Å². The molecule has 8 heteroatoms. The second kappa shape index (κ2) is 8.53. The van der Waals surface area contributed by atoms with Gasteiger partial charge in [-0.1, -0.05) is 36.4 Å². The zero-order valence-corrected chi connectivity index (χ0v) is 17.4. The second-order valence-corrected chi connectivity index (χ2v) is 7.26. The maximum absolute atomic E-state index is 13.2. The van der Waals surface area contributed by atoms with Crippen LogP contribution < -0.4 is 16.4 Å². The van der Waals surface area contributed by atoms with Crippen molar-refractivity contribution in [3.05, 3.63) is 87.3 Å². The summed E-state index contributed by atoms with van der Waals surface area (Å²) < 4.78 is 8.21. The largest absolute Gasteiger partial charge is 0.383 e. The Morgan fingerprint density at radius 3 is 2.68 bits per heavy atom. The number of fused-ring (bicyclic) bond motifs is 2. The van der Waals surface area contributed by atoms with Crippen molar-refractivity contribution in [3.63, 3.8) is 0 Å². The van der Waals surface area contributed by atoms with Crippen LogP contribution in [0.1, 0.15) is 21.5 Å². The SMILES string of the molecule is COCCn1c(=N)c(C(=O)NCc2ccccc2)cc2c(=O)n3cccc(C)c3nc21. The van der Waals surface area contributed by atoms with E-state index in [0.29, 0.717) is 31.0 Å². The summed E-state index contributed by atoms with van der Waals surface area (Å²) in [5.41, 5.74) is 2.49. The Hall–Kier alpha value is -3.78. The highest BCUT2D eigenvalue weighted by molar-refractivity contribution is 5.96. The van der Waals surface area contributed by atoms with E-state index in [2.05, 4.69) is 10.3 Å². The second-order valence-electron chi connectivity index (χ2n) is 7.26. The Morgan fingerprint density at radius 2 is 1.94 bits per heavy atom. The van der Waals surface area contributed by atoms with E-state index in [4.69, 9.17) is 10.1 Å². The van der Waals surface area contributed by atoms with E-state index in [1.807, 2.05) is 43.3 Å². The summed E-state index contributed by atoms with van der Waals surface area (Å²) in [7, 11) is 1.56. The van der Waals surface area contributed by atoms with Gasteiger partial charge < -0.3 is 14.6 Å². The lowest BCUT2D eigenvalue weighted by atomic mass is 10.1. The number of methoxy groups -OCH3 is 1. The number of rotatable bonds is 6. The van der Waals surface area contributed by atoms with Gasteiger partial charge in [0.15, 0.2) is 0 Å². The molecule has 8 nitrogen and oxygen atoms in total. The highest BCUT2D eigenvalue weighted by Gasteiger charge is 2.18. The fourth-order valence-electron chi connectivity index (χ4n) is 3.54. The standard InChI is InChI=1S/C23H23N5O3/c1-15-7-6-10-28-20(15)26-21-18(23(28)30)13-17(19(24)27(21)11-12-31-2)22(29)25-14-16-8-4-3-5-9-16/h3-10,13,24H,11-12,14H2,1-2H3,(H,25,29). The Balaban J connectivity index is 1.88. The fourth-order valence-corrected chi connectivity index (χ4v) is 3.54. The molecule has 31 heavy (non-hydrogen) atoms. The number of ether oxygens (including phenoxy) is 1. The van der Waals surface area contributed by atoms with Crippen molar-refractivity contribution in [2.24, 2.45) is 0 Å². The lowest BCUT2D eigenvalue weighted by Crippen LogP contribution is -2.35. The van der Waals surface area contributed by atoms with Gasteiger partial charge in [-0.25, -0.2) is 4.98 Å². The van der Waals surface area contributed by atoms with Gasteiger partial charge in [0.25, 0.3) is 11.5 Å². The number of hydrogen-bond donors (Lipinski definition) is 2. The average Bonchev–Trinajstić information content (AvgIpc) is 2.78. The predicted octanol–water partition coefficient (Wildman–Crippen LogP) is 2.01. The first-order chi connectivity index (χ1) is 15.0. The first kappa shape index (κ1) is 20.5. The molecule has 4 aromatic rings. The Morgan fingerprint density at radius 1 is 1.16 bits per heavy atom. The number of pyridine rings is 2. The minimum Gasteiger partial charge on any atom is -0.383 e. The molecule has 0 saturated carbocycles. The van der Waals surface area contributed by atoms with Gasteiger partial charge in [-0.3, -0.25) is 19.4 Å². The molecule has 0 bridgehead atoms. The van der Waals surface area contributed by atoms with Crippen molar-refractivity contribution in [2.75, 3.05) is 13.7 Å². The molecule has 2 N–H and O–H groups in total. The van der Waals surface area contributed by atoms with E-state index in [1.165, 1.54) is 10.5 Å². The molecule has 0 spiro atoms. The van der Waals surface area contributed by atoms with E-state index in [0.717, 1.165) is 11.1 Å². The van der Waals surface area contributed by atoms with E-state index < -0.39 is 5.91 Å². The third kappa shape index (κ3) is 3.85. The molecule has 3 heterocycles. The molecule has 0 radical (unpaired) electrons. The van der Waals surface area contributed by atoms with Crippen molar-refractivity contribution >= 4 is 22.6 Å². The first-order valence-electron chi connectivity index (χ1n) is 9.92. The summed E-state index contributed by atoms with van der Waals surface area (Å²) in [5.74, 6) is -0.421. The van der Waals surface area contributed by atoms with Crippen molar-refractivity contribution in [3.8, 4) is 0 Å². The van der Waals surface area contributed by atoms with Crippen LogP contribution >= 0.6 is 0 Å². The maximum atomic E-state index is 13.2. The average molecular weight is 417 g/mol. The molecule has 3 aromatic heterocycles. The van der Waals surface area contributed by atoms with Crippen LogP contribution in [0, 0.1) is 12.3 Å². The van der Waals surface area contributed by atoms with Gasteiger partial charge in [0.05, 0.1) is 17.6 Å². The summed E-state index contributed by atoms with van der Waals surface area (Å²) in [5, 5.41) is 11.8. The van der Waals surface area contributed by atoms with Crippen molar-refractivity contribution in [2.45, 2.75) is 20.0 Å². The molecule has 0 fully saturated rings. The number of nitrogens with zero attached hydrogens (tertiary/aromatic N) is 3. The predicted molar refractivity (Wildman–Crippen MR) is 117 cm³/mol. The van der Waals surface area contributed by atoms with E-state index >= 15 is 0 Å². The molecular weight excluding hydrogens is 394 g/mol. The minimum absolute atomic E-state index is 0.0139. The highest BCUT2D eigenvalue weighted by Crippen LogP contribution is 2.13. The summed E-state index contributed by atoms with van der Waals surface area (Å²) in [6.45, 7) is 2.80. The van der Waals surface area contributed by atoms with Crippen LogP contribution in [0.4, 0.5) is 0 Å². The van der Waals surface area contributed by atoms with Crippen molar-refractivity contribution < 1.29 is 9.53 Å². The van der Waals surface area contributed by atoms with Gasteiger partial charge in [-0.05, 0) is 30.2 Å². The fraction of sp³-hybridized carbons (Fsp3) is 0.217. The topological polar surface area (TPSA) is 101 Å². The maximum Gasteiger partial charge on any atom is 0.267 e. The van der Waals surface area contributed by atoms with Crippen LogP contribution in [0.25, 0.3) is 16.7 Å². The van der Waals surface area contributed by atoms with Crippen LogP contribution in [0.5, 0.6) is 0 Å². The highest BCUT2D eigenvalue weighted by atomic mass is 16.5. The lowest BCUT2D eigenvalue weighted by Gasteiger charge is -2.15. The summed E-state index contributed by atoms with van der Waals surface area (Å²) in [6, 6.07) is 14.6. The van der Waals surface area contributed by atoms with Gasteiger partial charge in [0.2, 0.25) is 0 Å². The van der Waals surface area contributed by atoms with Crippen LogP contribution in [-0.4, -0.2) is 33.6 Å². The van der Waals surface area contributed by atoms with Crippen LogP contribution in [-0.2, 0) is 17.8 Å². The van der Waals surface area contributed by atoms with Gasteiger partial charge in [0, 0.05) is 26.4 Å². The number of nitrogens with one attached hydrogen (secondary N) is 2. The molecule has 0 unspecified atom stereocenters. The summed E-state index contributed by atoms with van der Waals surface area (Å²) in [4.78, 5) is 30.8. The Kier molecular flexibility index (Phi) is 5.64. The first-order valence-corrected chi connectivity index (χ1v) is 9.92. The number of aryl methyl sites for hydroxylation is 1. The quantitative estimate of drug-likeness (QED) is 0.469. The monoisotopic (exact) mass is 417 g/mol. The number of hydrogen-bond acceptors (Lipinski definition) is 5. The van der Waals surface area contributed by atoms with Gasteiger partial charge in [0.1, 0.15) is 16.8 Å². The molecule has 1 amide bonds. The number of aromatic nitrogens is 3. The summed E-state index contributed by atoms with van der Waals surface area (Å²) in [6.07, 6.45) is 1.65. The number of benzene rings is 1. The third-order valence-electron chi connectivity index (χ3n) is 5.19. The van der Waals surface area contributed by atoms with Crippen LogP contribution in [0.3, 0.4) is 0 Å². The lowest BCUT2D eigenvalue weighted by molar-refractivity contribution is 0.0948. The molecule has 0 aliphatic heterocycles. The Bertz CT molecular complexity index is 1390. The van der Waals surface area contributed by atoms with Gasteiger partial charge in [-0.2, -0.15) is 0 Å². The normalized spacial score (nSPS) is 11.2. The zero-order valence-electron chi connectivity index (χ0n) is 17.4. The van der Waals surface area contributed by atoms with Gasteiger partial charge in [-0.15, -0.1) is 0 Å². The number of carbonyl (C=O) groups is 1. The number of amides is 1. The molecule has 158 valence electrons. The molecule has 0 saturated heterocycles. The van der Waals surface area contributed by atoms with Crippen LogP contribution in [0.2, 0.25) is 0 Å². The minimum atomic E-state index is -0.421. The molecule has 0 atom stereocenters. The molecule has 1 aromatic carbocycles. The van der Waals surface area contributed by atoms with E-state index in [-0.39, 0.29) is 22.0 Å². The van der Waals surface area contributed by atoms with Crippen molar-refractivity contribution in [1.82, 2.24) is 19.3 Å². The molecular formula is C23H23N5O3. The smallest absolute Gasteiger partial charge is 0.267 e. The van der Waals surface area contributed by atoms with E-state index in [9.17, 15) is 9.59 Å². The third-order valence-corrected chi connectivity index (χ3v) is 5.19. The molecule has 0 aliphatic carbocycles. The number of carbonyl (C=O) groups excluding carboxylic acids is 1.